The largest absolute Gasteiger partial charge is 0.352 e. The summed E-state index contributed by atoms with van der Waals surface area (Å²) in [5.41, 5.74) is 4.79. The van der Waals surface area contributed by atoms with Gasteiger partial charge in [0.05, 0.1) is 35.2 Å². The first-order valence-corrected chi connectivity index (χ1v) is 14.7. The second-order valence-corrected chi connectivity index (χ2v) is 12.6. The van der Waals surface area contributed by atoms with Crippen molar-refractivity contribution in [1.29, 1.82) is 0 Å². The van der Waals surface area contributed by atoms with Gasteiger partial charge in [-0.25, -0.2) is 9.97 Å². The fourth-order valence-corrected chi connectivity index (χ4v) is 6.53. The Balaban J connectivity index is 1.15. The summed E-state index contributed by atoms with van der Waals surface area (Å²) in [7, 11) is 0. The first-order valence-electron chi connectivity index (χ1n) is 14.7. The summed E-state index contributed by atoms with van der Waals surface area (Å²) in [6, 6.07) is 1.35. The monoisotopic (exact) mass is 488 g/mol. The Labute approximate surface area is 217 Å². The minimum Gasteiger partial charge on any atom is -0.352 e. The molecule has 0 aromatic carbocycles. The molecular formula is C30H44N6. The molecule has 0 N–H and O–H groups in total. The summed E-state index contributed by atoms with van der Waals surface area (Å²) >= 11 is 0. The number of rotatable bonds is 7. The van der Waals surface area contributed by atoms with Crippen molar-refractivity contribution < 1.29 is 0 Å². The number of hydrogen-bond acceptors (Lipinski definition) is 6. The first-order chi connectivity index (χ1) is 17.5. The lowest BCUT2D eigenvalue weighted by Gasteiger charge is -2.44. The molecule has 0 amide bonds. The van der Waals surface area contributed by atoms with Crippen LogP contribution in [0.15, 0.2) is 12.4 Å². The standard InChI is InChI=1S/C30H44N6/c1-19(2)27-15-31-30-26(33-27)14-22(18-36(30)24-9-6-10-24)12-11-21(4)28-16-32-29-25(34-28)13-20(3)17-35(29)23-7-5-8-23/h15-16,19-24H,5-14,17-18H2,1-4H3/t20-,21?,22?/m1/s1. The van der Waals surface area contributed by atoms with Gasteiger partial charge in [0.2, 0.25) is 0 Å². The van der Waals surface area contributed by atoms with Gasteiger partial charge in [0.15, 0.2) is 11.6 Å². The predicted octanol–water partition coefficient (Wildman–Crippen LogP) is 6.06. The van der Waals surface area contributed by atoms with E-state index in [0.717, 1.165) is 38.0 Å². The Kier molecular flexibility index (Phi) is 6.64. The average molecular weight is 489 g/mol. The Hall–Kier alpha value is -2.24. The van der Waals surface area contributed by atoms with Crippen LogP contribution >= 0.6 is 0 Å². The molecule has 0 saturated heterocycles. The molecule has 6 rings (SSSR count). The van der Waals surface area contributed by atoms with Gasteiger partial charge in [-0.2, -0.15) is 0 Å². The van der Waals surface area contributed by atoms with E-state index in [1.165, 1.54) is 73.7 Å². The number of aromatic nitrogens is 4. The molecular weight excluding hydrogens is 444 g/mol. The fraction of sp³-hybridized carbons (Fsp3) is 0.733. The predicted molar refractivity (Wildman–Crippen MR) is 146 cm³/mol. The highest BCUT2D eigenvalue weighted by Gasteiger charge is 2.35. The van der Waals surface area contributed by atoms with E-state index >= 15 is 0 Å². The molecule has 2 aliphatic heterocycles. The zero-order chi connectivity index (χ0) is 24.8. The van der Waals surface area contributed by atoms with Gasteiger partial charge in [-0.15, -0.1) is 0 Å². The topological polar surface area (TPSA) is 58.0 Å². The second kappa shape index (κ2) is 9.90. The van der Waals surface area contributed by atoms with Crippen molar-refractivity contribution >= 4 is 11.6 Å². The summed E-state index contributed by atoms with van der Waals surface area (Å²) in [6.45, 7) is 11.4. The number of fused-ring (bicyclic) bond motifs is 2. The van der Waals surface area contributed by atoms with Crippen LogP contribution in [0.25, 0.3) is 0 Å². The lowest BCUT2D eigenvalue weighted by molar-refractivity contribution is 0.333. The zero-order valence-electron chi connectivity index (χ0n) is 22.8. The van der Waals surface area contributed by atoms with Gasteiger partial charge in [0, 0.05) is 25.2 Å². The molecule has 0 spiro atoms. The minimum absolute atomic E-state index is 0.422. The molecule has 2 fully saturated rings. The van der Waals surface area contributed by atoms with E-state index in [1.54, 1.807) is 0 Å². The molecule has 0 radical (unpaired) electrons. The third-order valence-corrected chi connectivity index (χ3v) is 9.35. The van der Waals surface area contributed by atoms with Crippen LogP contribution < -0.4 is 9.80 Å². The second-order valence-electron chi connectivity index (χ2n) is 12.6. The van der Waals surface area contributed by atoms with Gasteiger partial charge in [-0.1, -0.05) is 27.7 Å². The Morgan fingerprint density at radius 3 is 2.00 bits per heavy atom. The van der Waals surface area contributed by atoms with Gasteiger partial charge in [-0.05, 0) is 87.9 Å². The third-order valence-electron chi connectivity index (χ3n) is 9.35. The number of anilines is 2. The van der Waals surface area contributed by atoms with Crippen LogP contribution in [0, 0.1) is 11.8 Å². The Morgan fingerprint density at radius 2 is 1.39 bits per heavy atom. The Morgan fingerprint density at radius 1 is 0.806 bits per heavy atom. The van der Waals surface area contributed by atoms with Crippen LogP contribution in [0.5, 0.6) is 0 Å². The van der Waals surface area contributed by atoms with E-state index in [2.05, 4.69) is 43.7 Å². The highest BCUT2D eigenvalue weighted by atomic mass is 15.2. The van der Waals surface area contributed by atoms with Gasteiger partial charge in [0.1, 0.15) is 0 Å². The number of nitrogens with zero attached hydrogens (tertiary/aromatic N) is 6. The van der Waals surface area contributed by atoms with Gasteiger partial charge in [0.25, 0.3) is 0 Å². The molecule has 2 aliphatic carbocycles. The fourth-order valence-electron chi connectivity index (χ4n) is 6.53. The smallest absolute Gasteiger partial charge is 0.150 e. The van der Waals surface area contributed by atoms with Crippen molar-refractivity contribution in [2.45, 2.75) is 116 Å². The van der Waals surface area contributed by atoms with Crippen molar-refractivity contribution in [2.75, 3.05) is 22.9 Å². The summed E-state index contributed by atoms with van der Waals surface area (Å²) < 4.78 is 0. The molecule has 3 atom stereocenters. The molecule has 6 nitrogen and oxygen atoms in total. The molecule has 0 bridgehead atoms. The molecule has 36 heavy (non-hydrogen) atoms. The summed E-state index contributed by atoms with van der Waals surface area (Å²) in [5, 5.41) is 0. The van der Waals surface area contributed by atoms with Crippen molar-refractivity contribution in [3.05, 3.63) is 35.2 Å². The van der Waals surface area contributed by atoms with E-state index in [1.807, 2.05) is 6.20 Å². The van der Waals surface area contributed by atoms with Crippen molar-refractivity contribution in [2.24, 2.45) is 11.8 Å². The van der Waals surface area contributed by atoms with E-state index in [4.69, 9.17) is 19.9 Å². The molecule has 194 valence electrons. The van der Waals surface area contributed by atoms with Crippen LogP contribution in [-0.2, 0) is 12.8 Å². The summed E-state index contributed by atoms with van der Waals surface area (Å²) in [6.07, 6.45) is 16.5. The highest BCUT2D eigenvalue weighted by Crippen LogP contribution is 2.38. The normalized spacial score (nSPS) is 25.2. The quantitative estimate of drug-likeness (QED) is 0.472. The van der Waals surface area contributed by atoms with Gasteiger partial charge >= 0.3 is 0 Å². The molecule has 2 aromatic heterocycles. The van der Waals surface area contributed by atoms with Gasteiger partial charge in [-0.3, -0.25) is 9.97 Å². The lowest BCUT2D eigenvalue weighted by Crippen LogP contribution is -2.47. The van der Waals surface area contributed by atoms with Gasteiger partial charge < -0.3 is 9.80 Å². The SMILES string of the molecule is CC(C)c1cnc2c(n1)CC(CCC(C)c1cnc3c(n1)C[C@@H](C)CN3C1CCC1)CN2C1CCC1. The molecule has 4 heterocycles. The van der Waals surface area contributed by atoms with Crippen LogP contribution in [-0.4, -0.2) is 45.1 Å². The number of hydrogen-bond donors (Lipinski definition) is 0. The Bertz CT molecular complexity index is 1080. The highest BCUT2D eigenvalue weighted by molar-refractivity contribution is 5.49. The first kappa shape index (κ1) is 24.1. The molecule has 2 aromatic rings. The molecule has 2 unspecified atom stereocenters. The van der Waals surface area contributed by atoms with Crippen LogP contribution in [0.2, 0.25) is 0 Å². The van der Waals surface area contributed by atoms with Crippen molar-refractivity contribution in [3.8, 4) is 0 Å². The van der Waals surface area contributed by atoms with Crippen molar-refractivity contribution in [1.82, 2.24) is 19.9 Å². The minimum atomic E-state index is 0.422. The maximum Gasteiger partial charge on any atom is 0.150 e. The third kappa shape index (κ3) is 4.61. The lowest BCUT2D eigenvalue weighted by atomic mass is 9.85. The van der Waals surface area contributed by atoms with Crippen LogP contribution in [0.4, 0.5) is 11.6 Å². The van der Waals surface area contributed by atoms with Crippen molar-refractivity contribution in [3.63, 3.8) is 0 Å². The van der Waals surface area contributed by atoms with E-state index < -0.39 is 0 Å². The average Bonchev–Trinajstić information content (AvgIpc) is 2.79. The maximum atomic E-state index is 5.21. The summed E-state index contributed by atoms with van der Waals surface area (Å²) in [4.78, 5) is 25.4. The zero-order valence-corrected chi connectivity index (χ0v) is 22.8. The van der Waals surface area contributed by atoms with E-state index in [9.17, 15) is 0 Å². The molecule has 4 aliphatic rings. The van der Waals surface area contributed by atoms with Crippen LogP contribution in [0.1, 0.15) is 114 Å². The van der Waals surface area contributed by atoms with E-state index in [0.29, 0.717) is 35.8 Å². The van der Waals surface area contributed by atoms with Crippen LogP contribution in [0.3, 0.4) is 0 Å². The molecule has 2 saturated carbocycles. The summed E-state index contributed by atoms with van der Waals surface area (Å²) in [5.74, 6) is 4.49. The molecule has 6 heteroatoms. The van der Waals surface area contributed by atoms with E-state index in [-0.39, 0.29) is 0 Å². The maximum absolute atomic E-state index is 5.21.